The second-order valence-corrected chi connectivity index (χ2v) is 4.13. The minimum Gasteiger partial charge on any atom is -0.378 e. The van der Waals surface area contributed by atoms with Gasteiger partial charge in [0.15, 0.2) is 15.9 Å². The maximum Gasteiger partial charge on any atom is 0.164 e. The van der Waals surface area contributed by atoms with Crippen molar-refractivity contribution in [2.45, 2.75) is 30.9 Å². The lowest BCUT2D eigenvalue weighted by Gasteiger charge is -2.30. The lowest BCUT2D eigenvalue weighted by atomic mass is 9.96. The van der Waals surface area contributed by atoms with Gasteiger partial charge >= 0.3 is 0 Å². The average Bonchev–Trinajstić information content (AvgIpc) is 1.62. The Morgan fingerprint density at radius 2 is 1.70 bits per heavy atom. The van der Waals surface area contributed by atoms with Gasteiger partial charge in [-0.25, -0.2) is 0 Å². The van der Waals surface area contributed by atoms with Crippen molar-refractivity contribution in [1.29, 1.82) is 0 Å². The van der Waals surface area contributed by atoms with Crippen molar-refractivity contribution in [3.8, 4) is 0 Å². The van der Waals surface area contributed by atoms with Crippen LogP contribution in [0, 0.1) is 0 Å². The summed E-state index contributed by atoms with van der Waals surface area (Å²) in [7, 11) is 0. The van der Waals surface area contributed by atoms with E-state index in [-0.39, 0.29) is 0 Å². The zero-order valence-electron chi connectivity index (χ0n) is 6.18. The van der Waals surface area contributed by atoms with Crippen LogP contribution in [0.4, 0.5) is 0 Å². The molecule has 0 amide bonds. The van der Waals surface area contributed by atoms with E-state index in [1.807, 2.05) is 0 Å². The molecule has 0 rings (SSSR count). The van der Waals surface area contributed by atoms with Crippen LogP contribution in [0.25, 0.3) is 0 Å². The molecule has 0 aromatic heterocycles. The number of aliphatic hydroxyl groups is 2. The van der Waals surface area contributed by atoms with Crippen LogP contribution in [0.3, 0.4) is 0 Å². The Bertz CT molecular complexity index is 146. The second-order valence-electron chi connectivity index (χ2n) is 2.58. The fourth-order valence-electron chi connectivity index (χ4n) is 0.321. The van der Waals surface area contributed by atoms with Gasteiger partial charge < -0.3 is 10.2 Å². The molecule has 3 nitrogen and oxygen atoms in total. The topological polar surface area (TPSA) is 57.5 Å². The number of alkyl halides is 1. The minimum atomic E-state index is -1.73. The highest BCUT2D eigenvalue weighted by Gasteiger charge is 2.43. The van der Waals surface area contributed by atoms with Crippen LogP contribution in [0.15, 0.2) is 0 Å². The van der Waals surface area contributed by atoms with Crippen molar-refractivity contribution >= 4 is 21.7 Å². The SMILES string of the molecule is CC(=O)[C@](C)(O)[C@](C)(O)Br. The summed E-state index contributed by atoms with van der Waals surface area (Å²) in [6.45, 7) is 3.79. The largest absolute Gasteiger partial charge is 0.378 e. The molecule has 2 N–H and O–H groups in total. The highest BCUT2D eigenvalue weighted by Crippen LogP contribution is 2.28. The molecule has 10 heavy (non-hydrogen) atoms. The molecule has 4 heteroatoms. The molecule has 0 radical (unpaired) electrons. The third-order valence-corrected chi connectivity index (χ3v) is 2.35. The summed E-state index contributed by atoms with van der Waals surface area (Å²) in [6.07, 6.45) is 0. The standard InChI is InChI=1S/C6H11BrO3/c1-4(8)5(2,9)6(3,7)10/h9-10H,1-3H3/t5-,6-/m0/s1. The molecule has 0 saturated heterocycles. The predicted octanol–water partition coefficient (Wildman–Crippen LogP) is 0.430. The minimum absolute atomic E-state index is 0.477. The second kappa shape index (κ2) is 2.60. The van der Waals surface area contributed by atoms with E-state index in [9.17, 15) is 9.90 Å². The Morgan fingerprint density at radius 3 is 1.70 bits per heavy atom. The molecule has 0 aliphatic carbocycles. The molecule has 0 unspecified atom stereocenters. The number of ketones is 1. The van der Waals surface area contributed by atoms with Gasteiger partial charge in [0.2, 0.25) is 0 Å². The number of carbonyl (C=O) groups excluding carboxylic acids is 1. The van der Waals surface area contributed by atoms with Crippen LogP contribution in [0.2, 0.25) is 0 Å². The van der Waals surface area contributed by atoms with E-state index < -0.39 is 15.9 Å². The number of hydrogen-bond donors (Lipinski definition) is 2. The molecule has 0 spiro atoms. The van der Waals surface area contributed by atoms with E-state index in [1.165, 1.54) is 20.8 Å². The van der Waals surface area contributed by atoms with Gasteiger partial charge in [-0.05, 0) is 20.8 Å². The summed E-state index contributed by atoms with van der Waals surface area (Å²) >= 11 is 2.79. The molecule has 0 aliphatic heterocycles. The van der Waals surface area contributed by atoms with Crippen molar-refractivity contribution in [3.63, 3.8) is 0 Å². The smallest absolute Gasteiger partial charge is 0.164 e. The summed E-state index contributed by atoms with van der Waals surface area (Å²) in [5.41, 5.74) is -1.73. The van der Waals surface area contributed by atoms with Gasteiger partial charge in [-0.2, -0.15) is 0 Å². The molecule has 0 aromatic rings. The van der Waals surface area contributed by atoms with Crippen LogP contribution in [-0.4, -0.2) is 26.1 Å². The van der Waals surface area contributed by atoms with Crippen LogP contribution >= 0.6 is 15.9 Å². The van der Waals surface area contributed by atoms with Crippen LogP contribution in [0.5, 0.6) is 0 Å². The van der Waals surface area contributed by atoms with Gasteiger partial charge in [0.05, 0.1) is 0 Å². The quantitative estimate of drug-likeness (QED) is 0.651. The maximum atomic E-state index is 10.7. The molecule has 0 aliphatic rings. The average molecular weight is 211 g/mol. The van der Waals surface area contributed by atoms with E-state index >= 15 is 0 Å². The Labute approximate surface area is 68.2 Å². The highest BCUT2D eigenvalue weighted by molar-refractivity contribution is 9.10. The van der Waals surface area contributed by atoms with Crippen LogP contribution in [-0.2, 0) is 4.79 Å². The third kappa shape index (κ3) is 1.78. The summed E-state index contributed by atoms with van der Waals surface area (Å²) in [6, 6.07) is 0. The monoisotopic (exact) mass is 210 g/mol. The van der Waals surface area contributed by atoms with Gasteiger partial charge in [0.1, 0.15) is 0 Å². The fraction of sp³-hybridized carbons (Fsp3) is 0.833. The molecule has 60 valence electrons. The molecular weight excluding hydrogens is 200 g/mol. The van der Waals surface area contributed by atoms with Gasteiger partial charge in [0.25, 0.3) is 0 Å². The number of rotatable bonds is 2. The summed E-state index contributed by atoms with van der Waals surface area (Å²) in [5.74, 6) is -0.477. The van der Waals surface area contributed by atoms with E-state index in [0.717, 1.165) is 0 Å². The van der Waals surface area contributed by atoms with E-state index in [4.69, 9.17) is 5.11 Å². The first-order valence-electron chi connectivity index (χ1n) is 2.84. The van der Waals surface area contributed by atoms with Crippen LogP contribution < -0.4 is 0 Å². The van der Waals surface area contributed by atoms with Gasteiger partial charge in [-0.1, -0.05) is 15.9 Å². The molecule has 0 fully saturated rings. The molecule has 0 aromatic carbocycles. The predicted molar refractivity (Wildman–Crippen MR) is 40.9 cm³/mol. The summed E-state index contributed by atoms with van der Waals surface area (Å²) in [4.78, 5) is 10.7. The van der Waals surface area contributed by atoms with Crippen LogP contribution in [0.1, 0.15) is 20.8 Å². The maximum absolute atomic E-state index is 10.7. The first-order chi connectivity index (χ1) is 4.19. The molecule has 0 saturated carbocycles. The third-order valence-electron chi connectivity index (χ3n) is 1.57. The number of carbonyl (C=O) groups is 1. The number of Topliss-reactive ketones (excluding diaryl/α,β-unsaturated/α-hetero) is 1. The number of halogens is 1. The Kier molecular flexibility index (Phi) is 2.62. The van der Waals surface area contributed by atoms with Gasteiger partial charge in [-0.3, -0.25) is 4.79 Å². The van der Waals surface area contributed by atoms with Crippen molar-refractivity contribution in [2.75, 3.05) is 0 Å². The van der Waals surface area contributed by atoms with Crippen molar-refractivity contribution in [2.24, 2.45) is 0 Å². The zero-order chi connectivity index (χ0) is 8.58. The lowest BCUT2D eigenvalue weighted by Crippen LogP contribution is -2.50. The molecule has 0 heterocycles. The summed E-state index contributed by atoms with van der Waals surface area (Å²) < 4.78 is -1.56. The Balaban J connectivity index is 4.57. The first-order valence-corrected chi connectivity index (χ1v) is 3.63. The van der Waals surface area contributed by atoms with E-state index in [1.54, 1.807) is 0 Å². The zero-order valence-corrected chi connectivity index (χ0v) is 7.77. The van der Waals surface area contributed by atoms with Gasteiger partial charge in [0, 0.05) is 0 Å². The van der Waals surface area contributed by atoms with Gasteiger partial charge in [-0.15, -0.1) is 0 Å². The Morgan fingerprint density at radius 1 is 1.40 bits per heavy atom. The highest BCUT2D eigenvalue weighted by atomic mass is 79.9. The van der Waals surface area contributed by atoms with E-state index in [0.29, 0.717) is 0 Å². The van der Waals surface area contributed by atoms with Crippen molar-refractivity contribution < 1.29 is 15.0 Å². The molecule has 2 atom stereocenters. The fourth-order valence-corrected chi connectivity index (χ4v) is 0.600. The molecular formula is C6H11BrO3. The van der Waals surface area contributed by atoms with E-state index in [2.05, 4.69) is 15.9 Å². The molecule has 0 bridgehead atoms. The first kappa shape index (κ1) is 10.1. The van der Waals surface area contributed by atoms with Crippen molar-refractivity contribution in [3.05, 3.63) is 0 Å². The normalized spacial score (nSPS) is 23.0. The van der Waals surface area contributed by atoms with Crippen molar-refractivity contribution in [1.82, 2.24) is 0 Å². The lowest BCUT2D eigenvalue weighted by molar-refractivity contribution is -0.146. The number of hydrogen-bond acceptors (Lipinski definition) is 3. The Hall–Kier alpha value is 0.0700. The summed E-state index contributed by atoms with van der Waals surface area (Å²) in [5, 5.41) is 18.4.